The second-order valence-electron chi connectivity index (χ2n) is 7.91. The van der Waals surface area contributed by atoms with Crippen LogP contribution in [0.2, 0.25) is 15.1 Å². The Balaban J connectivity index is 1.71. The number of hydrogen-bond acceptors (Lipinski definition) is 5. The highest BCUT2D eigenvalue weighted by atomic mass is 35.5. The summed E-state index contributed by atoms with van der Waals surface area (Å²) in [6, 6.07) is 12.3. The quantitative estimate of drug-likeness (QED) is 0.501. The van der Waals surface area contributed by atoms with Gasteiger partial charge in [-0.05, 0) is 53.9 Å². The topological polar surface area (TPSA) is 60.6 Å². The maximum Gasteiger partial charge on any atom is 0.412 e. The first-order chi connectivity index (χ1) is 14.9. The van der Waals surface area contributed by atoms with E-state index in [1.165, 1.54) is 0 Å². The van der Waals surface area contributed by atoms with Crippen molar-refractivity contribution >= 4 is 52.1 Å². The minimum Gasteiger partial charge on any atom is -0.255 e. The lowest BCUT2D eigenvalue weighted by Gasteiger charge is -2.28. The summed E-state index contributed by atoms with van der Waals surface area (Å²) in [7, 11) is 0. The fourth-order valence-electron chi connectivity index (χ4n) is 4.21. The number of nitrogens with zero attached hydrogens (tertiary/aromatic N) is 3. The maximum atomic E-state index is 13.2. The van der Waals surface area contributed by atoms with Gasteiger partial charge in [-0.1, -0.05) is 60.3 Å². The summed E-state index contributed by atoms with van der Waals surface area (Å²) in [4.78, 5) is 13.2. The number of anilines is 1. The number of amides is 1. The van der Waals surface area contributed by atoms with Crippen molar-refractivity contribution in [2.75, 3.05) is 18.1 Å². The molecule has 4 rings (SSSR count). The molecule has 2 aliphatic rings. The molecular formula is C22H24Cl3N4O2+. The highest BCUT2D eigenvalue weighted by molar-refractivity contribution is 6.38. The van der Waals surface area contributed by atoms with E-state index in [1.54, 1.807) is 28.2 Å². The van der Waals surface area contributed by atoms with Gasteiger partial charge in [-0.2, -0.15) is 10.3 Å². The number of nitrogens with one attached hydrogen (secondary N) is 1. The SMILES string of the molecule is C[C@H]1C(C(=O)[NH+](O)N2CCCCC2)=NN(c2ccc(Cl)cc2Cl)[C@H]1c1ccc(Cl)cc1. The Hall–Kier alpha value is -1.67. The third-order valence-corrected chi connectivity index (χ3v) is 6.63. The van der Waals surface area contributed by atoms with Crippen LogP contribution in [0.5, 0.6) is 0 Å². The Bertz CT molecular complexity index is 993. The predicted molar refractivity (Wildman–Crippen MR) is 123 cm³/mol. The molecule has 0 radical (unpaired) electrons. The summed E-state index contributed by atoms with van der Waals surface area (Å²) >= 11 is 18.6. The van der Waals surface area contributed by atoms with Gasteiger partial charge in [0.25, 0.3) is 0 Å². The number of hydroxylamine groups is 1. The largest absolute Gasteiger partial charge is 0.412 e. The van der Waals surface area contributed by atoms with E-state index < -0.39 is 5.91 Å². The average molecular weight is 483 g/mol. The lowest BCUT2D eigenvalue weighted by molar-refractivity contribution is -1.12. The van der Waals surface area contributed by atoms with Crippen LogP contribution in [0.15, 0.2) is 47.6 Å². The number of halogens is 3. The van der Waals surface area contributed by atoms with Crippen LogP contribution in [-0.4, -0.2) is 34.9 Å². The number of quaternary nitrogens is 1. The van der Waals surface area contributed by atoms with Gasteiger partial charge in [0, 0.05) is 16.0 Å². The highest BCUT2D eigenvalue weighted by Crippen LogP contribution is 2.42. The zero-order chi connectivity index (χ0) is 22.1. The average Bonchev–Trinajstić information content (AvgIpc) is 3.10. The Morgan fingerprint density at radius 1 is 1.03 bits per heavy atom. The van der Waals surface area contributed by atoms with Crippen molar-refractivity contribution in [3.63, 3.8) is 0 Å². The number of hydrogen-bond donors (Lipinski definition) is 2. The van der Waals surface area contributed by atoms with E-state index in [1.807, 2.05) is 31.2 Å². The minimum absolute atomic E-state index is 0.232. The fraction of sp³-hybridized carbons (Fsp3) is 0.364. The lowest BCUT2D eigenvalue weighted by atomic mass is 9.91. The van der Waals surface area contributed by atoms with E-state index in [4.69, 9.17) is 34.8 Å². The molecule has 1 fully saturated rings. The molecule has 0 aromatic heterocycles. The van der Waals surface area contributed by atoms with Gasteiger partial charge in [-0.25, -0.2) is 4.79 Å². The van der Waals surface area contributed by atoms with Crippen LogP contribution in [0.1, 0.15) is 37.8 Å². The summed E-state index contributed by atoms with van der Waals surface area (Å²) in [5.41, 5.74) is 1.87. The van der Waals surface area contributed by atoms with Crippen molar-refractivity contribution in [2.24, 2.45) is 11.0 Å². The van der Waals surface area contributed by atoms with Crippen LogP contribution in [-0.2, 0) is 4.79 Å². The van der Waals surface area contributed by atoms with Crippen LogP contribution >= 0.6 is 34.8 Å². The zero-order valence-electron chi connectivity index (χ0n) is 17.1. The van der Waals surface area contributed by atoms with E-state index >= 15 is 0 Å². The second-order valence-corrected chi connectivity index (χ2v) is 9.19. The van der Waals surface area contributed by atoms with Gasteiger partial charge >= 0.3 is 5.91 Å². The van der Waals surface area contributed by atoms with Gasteiger partial charge in [-0.15, -0.1) is 5.01 Å². The van der Waals surface area contributed by atoms with Crippen molar-refractivity contribution in [3.05, 3.63) is 63.1 Å². The van der Waals surface area contributed by atoms with Gasteiger partial charge in [0.2, 0.25) is 0 Å². The molecule has 0 bridgehead atoms. The molecule has 0 spiro atoms. The Kier molecular flexibility index (Phi) is 6.86. The second kappa shape index (κ2) is 9.45. The lowest BCUT2D eigenvalue weighted by Crippen LogP contribution is -3.19. The van der Waals surface area contributed by atoms with E-state index in [2.05, 4.69) is 5.10 Å². The molecule has 0 saturated carbocycles. The fourth-order valence-corrected chi connectivity index (χ4v) is 4.83. The van der Waals surface area contributed by atoms with Crippen LogP contribution in [0.25, 0.3) is 0 Å². The third kappa shape index (κ3) is 4.60. The molecule has 3 atom stereocenters. The van der Waals surface area contributed by atoms with E-state index in [0.717, 1.165) is 24.8 Å². The normalized spacial score (nSPS) is 23.0. The van der Waals surface area contributed by atoms with Gasteiger partial charge < -0.3 is 0 Å². The molecule has 1 amide bonds. The number of carbonyl (C=O) groups is 1. The van der Waals surface area contributed by atoms with Gasteiger partial charge in [0.05, 0.1) is 29.8 Å². The van der Waals surface area contributed by atoms with Crippen LogP contribution in [0, 0.1) is 5.92 Å². The molecule has 1 unspecified atom stereocenters. The standard InChI is InChI=1S/C22H23Cl3N4O2/c1-14-20(22(30)29(31)27-11-3-2-4-12-27)26-28(19-10-9-17(24)13-18(19)25)21(14)15-5-7-16(23)8-6-15/h5-10,13-14,21,31H,2-4,11-12H2,1H3/p+1/t14-,21+/m0/s1. The van der Waals surface area contributed by atoms with E-state index in [0.29, 0.717) is 39.6 Å². The number of hydrazone groups is 1. The van der Waals surface area contributed by atoms with E-state index in [-0.39, 0.29) is 17.1 Å². The smallest absolute Gasteiger partial charge is 0.255 e. The van der Waals surface area contributed by atoms with Crippen LogP contribution in [0.3, 0.4) is 0 Å². The Labute approximate surface area is 196 Å². The Morgan fingerprint density at radius 3 is 2.32 bits per heavy atom. The van der Waals surface area contributed by atoms with Crippen LogP contribution in [0.4, 0.5) is 5.69 Å². The van der Waals surface area contributed by atoms with Crippen molar-refractivity contribution < 1.29 is 15.2 Å². The first-order valence-electron chi connectivity index (χ1n) is 10.3. The molecule has 0 aliphatic carbocycles. The highest BCUT2D eigenvalue weighted by Gasteiger charge is 2.45. The summed E-state index contributed by atoms with van der Waals surface area (Å²) in [5, 5.41) is 20.2. The van der Waals surface area contributed by atoms with Crippen molar-refractivity contribution in [3.8, 4) is 0 Å². The Morgan fingerprint density at radius 2 is 1.68 bits per heavy atom. The van der Waals surface area contributed by atoms with Gasteiger partial charge in [-0.3, -0.25) is 5.01 Å². The minimum atomic E-state index is -0.444. The number of benzene rings is 2. The first kappa shape index (κ1) is 22.5. The molecule has 2 heterocycles. The third-order valence-electron chi connectivity index (χ3n) is 5.84. The molecule has 1 saturated heterocycles. The van der Waals surface area contributed by atoms with E-state index in [9.17, 15) is 10.0 Å². The number of carbonyl (C=O) groups excluding carboxylic acids is 1. The van der Waals surface area contributed by atoms with Crippen LogP contribution < -0.4 is 10.2 Å². The van der Waals surface area contributed by atoms with Crippen molar-refractivity contribution in [2.45, 2.75) is 32.2 Å². The summed E-state index contributed by atoms with van der Waals surface area (Å²) in [5.74, 6) is -0.728. The maximum absolute atomic E-state index is 13.2. The summed E-state index contributed by atoms with van der Waals surface area (Å²) in [6.45, 7) is 3.28. The van der Waals surface area contributed by atoms with Crippen molar-refractivity contribution in [1.29, 1.82) is 0 Å². The first-order valence-corrected chi connectivity index (χ1v) is 11.4. The molecule has 2 aliphatic heterocycles. The molecule has 2 N–H and O–H groups in total. The van der Waals surface area contributed by atoms with Gasteiger partial charge in [0.1, 0.15) is 0 Å². The summed E-state index contributed by atoms with van der Waals surface area (Å²) < 4.78 is 0. The number of rotatable bonds is 4. The number of piperidine rings is 1. The predicted octanol–water partition coefficient (Wildman–Crippen LogP) is 4.40. The molecule has 164 valence electrons. The molecule has 9 heteroatoms. The summed E-state index contributed by atoms with van der Waals surface area (Å²) in [6.07, 6.45) is 3.02. The molecule has 2 aromatic carbocycles. The molecule has 2 aromatic rings. The van der Waals surface area contributed by atoms with Crippen molar-refractivity contribution in [1.82, 2.24) is 5.01 Å². The zero-order valence-corrected chi connectivity index (χ0v) is 19.3. The monoisotopic (exact) mass is 481 g/mol. The molecule has 31 heavy (non-hydrogen) atoms. The molecular weight excluding hydrogens is 459 g/mol. The molecule has 6 nitrogen and oxygen atoms in total. The van der Waals surface area contributed by atoms with Gasteiger partial charge in [0.15, 0.2) is 5.71 Å².